The average molecular weight is 393 g/mol. The number of rotatable bonds is 6. The minimum atomic E-state index is -0.895. The number of nitrogens with zero attached hydrogens (tertiary/aromatic N) is 3. The first kappa shape index (κ1) is 19.4. The molecule has 0 fully saturated rings. The van der Waals surface area contributed by atoms with E-state index < -0.39 is 29.8 Å². The lowest BCUT2D eigenvalue weighted by Crippen LogP contribution is -2.26. The molecule has 3 heterocycles. The first-order valence-electron chi connectivity index (χ1n) is 8.24. The van der Waals surface area contributed by atoms with E-state index in [0.29, 0.717) is 0 Å². The summed E-state index contributed by atoms with van der Waals surface area (Å²) in [6, 6.07) is 0. The van der Waals surface area contributed by atoms with E-state index >= 15 is 0 Å². The monoisotopic (exact) mass is 393 g/mol. The van der Waals surface area contributed by atoms with E-state index in [1.165, 1.54) is 31.9 Å². The van der Waals surface area contributed by atoms with Gasteiger partial charge in [0.05, 0.1) is 0 Å². The molecule has 2 atom stereocenters. The molecule has 0 radical (unpaired) electrons. The molecule has 0 amide bonds. The van der Waals surface area contributed by atoms with Crippen LogP contribution in [0.2, 0.25) is 0 Å². The number of hydrogen-bond donors (Lipinski definition) is 2. The number of hydrogen-bond acceptors (Lipinski definition) is 10. The predicted molar refractivity (Wildman–Crippen MR) is 94.0 cm³/mol. The third kappa shape index (κ3) is 3.53. The second-order valence-electron chi connectivity index (χ2n) is 5.81. The van der Waals surface area contributed by atoms with Crippen molar-refractivity contribution in [2.75, 3.05) is 26.1 Å². The van der Waals surface area contributed by atoms with Crippen LogP contribution in [0.5, 0.6) is 0 Å². The van der Waals surface area contributed by atoms with Crippen molar-refractivity contribution < 1.29 is 28.5 Å². The molecule has 1 aliphatic rings. The summed E-state index contributed by atoms with van der Waals surface area (Å²) in [6.07, 6.45) is -0.400. The predicted octanol–water partition coefficient (Wildman–Crippen LogP) is 0.0429. The van der Waals surface area contributed by atoms with Gasteiger partial charge in [0.2, 0.25) is 12.2 Å². The molecular formula is C16H19N5O7. The van der Waals surface area contributed by atoms with Crippen LogP contribution in [0, 0.1) is 0 Å². The Morgan fingerprint density at radius 2 is 2.11 bits per heavy atom. The Morgan fingerprint density at radius 1 is 1.36 bits per heavy atom. The maximum atomic E-state index is 12.2. The zero-order valence-corrected chi connectivity index (χ0v) is 15.6. The summed E-state index contributed by atoms with van der Waals surface area (Å²) in [5.41, 5.74) is -0.107. The van der Waals surface area contributed by atoms with Crippen molar-refractivity contribution in [1.82, 2.24) is 19.5 Å². The second-order valence-corrected chi connectivity index (χ2v) is 5.81. The van der Waals surface area contributed by atoms with Crippen LogP contribution in [0.15, 0.2) is 22.6 Å². The van der Waals surface area contributed by atoms with Gasteiger partial charge in [0.1, 0.15) is 6.33 Å². The lowest BCUT2D eigenvalue weighted by molar-refractivity contribution is -0.141. The van der Waals surface area contributed by atoms with Gasteiger partial charge in [0.15, 0.2) is 35.4 Å². The van der Waals surface area contributed by atoms with Crippen LogP contribution in [0.4, 0.5) is 5.95 Å². The summed E-state index contributed by atoms with van der Waals surface area (Å²) in [4.78, 5) is 45.8. The minimum absolute atomic E-state index is 0.0711. The molecule has 150 valence electrons. The first-order valence-corrected chi connectivity index (χ1v) is 8.24. The first-order chi connectivity index (χ1) is 13.3. The molecule has 2 N–H and O–H groups in total. The Bertz CT molecular complexity index is 1010. The number of carbonyl (C=O) groups excluding carboxylic acids is 2. The molecule has 0 aliphatic carbocycles. The Balaban J connectivity index is 2.04. The topological polar surface area (TPSA) is 147 Å². The van der Waals surface area contributed by atoms with Crippen molar-refractivity contribution in [3.8, 4) is 0 Å². The van der Waals surface area contributed by atoms with Gasteiger partial charge in [-0.15, -0.1) is 0 Å². The van der Waals surface area contributed by atoms with Gasteiger partial charge in [-0.3, -0.25) is 23.9 Å². The number of imidazole rings is 1. The van der Waals surface area contributed by atoms with Gasteiger partial charge in [0, 0.05) is 28.0 Å². The molecule has 2 aromatic rings. The number of ether oxygens (including phenoxy) is 4. The lowest BCUT2D eigenvalue weighted by atomic mass is 10.2. The van der Waals surface area contributed by atoms with Crippen molar-refractivity contribution in [3.63, 3.8) is 0 Å². The van der Waals surface area contributed by atoms with Crippen molar-refractivity contribution >= 4 is 29.1 Å². The Morgan fingerprint density at radius 3 is 2.71 bits per heavy atom. The van der Waals surface area contributed by atoms with Gasteiger partial charge in [-0.25, -0.2) is 4.98 Å². The number of methoxy groups -OCH3 is 1. The van der Waals surface area contributed by atoms with E-state index in [2.05, 4.69) is 20.3 Å². The largest absolute Gasteiger partial charge is 0.464 e. The summed E-state index contributed by atoms with van der Waals surface area (Å²) in [5.74, 6) is -0.705. The Hall–Kier alpha value is -3.41. The van der Waals surface area contributed by atoms with Crippen LogP contribution in [-0.2, 0) is 28.5 Å². The van der Waals surface area contributed by atoms with Crippen molar-refractivity contribution in [1.29, 1.82) is 0 Å². The van der Waals surface area contributed by atoms with Gasteiger partial charge in [0.25, 0.3) is 5.56 Å². The SMILES string of the molecule is CNc1nc2c(ncn2[C@@H]2OC(COC(C)=O)=C(OC(C)=O)C2OC)c(=O)[nH]1. The minimum Gasteiger partial charge on any atom is -0.464 e. The van der Waals surface area contributed by atoms with Crippen LogP contribution in [0.1, 0.15) is 20.1 Å². The molecule has 0 aromatic carbocycles. The molecule has 3 rings (SSSR count). The highest BCUT2D eigenvalue weighted by molar-refractivity contribution is 5.71. The number of aromatic nitrogens is 4. The van der Waals surface area contributed by atoms with Crippen LogP contribution in [0.3, 0.4) is 0 Å². The normalized spacial score (nSPS) is 18.9. The highest BCUT2D eigenvalue weighted by Crippen LogP contribution is 2.36. The number of esters is 2. The average Bonchev–Trinajstić information content (AvgIpc) is 3.20. The smallest absolute Gasteiger partial charge is 0.307 e. The van der Waals surface area contributed by atoms with Crippen molar-refractivity contribution in [3.05, 3.63) is 28.2 Å². The van der Waals surface area contributed by atoms with Gasteiger partial charge < -0.3 is 24.3 Å². The molecule has 2 aromatic heterocycles. The number of anilines is 1. The van der Waals surface area contributed by atoms with Gasteiger partial charge in [-0.2, -0.15) is 4.98 Å². The highest BCUT2D eigenvalue weighted by Gasteiger charge is 2.42. The van der Waals surface area contributed by atoms with E-state index in [4.69, 9.17) is 18.9 Å². The molecule has 0 spiro atoms. The standard InChI is InChI=1S/C16H19N5O7/c1-7(22)26-5-9-11(27-8(2)23)12(25-4)15(28-9)21-6-18-10-13(21)19-16(17-3)20-14(10)24/h6,12,15H,5H2,1-4H3,(H2,17,19,20,24)/t12?,15-/m1/s1. The summed E-state index contributed by atoms with van der Waals surface area (Å²) in [7, 11) is 3.00. The summed E-state index contributed by atoms with van der Waals surface area (Å²) < 4.78 is 23.0. The fourth-order valence-electron chi connectivity index (χ4n) is 2.75. The zero-order valence-electron chi connectivity index (χ0n) is 15.6. The maximum absolute atomic E-state index is 12.2. The molecule has 1 unspecified atom stereocenters. The summed E-state index contributed by atoms with van der Waals surface area (Å²) >= 11 is 0. The molecular weight excluding hydrogens is 374 g/mol. The number of aromatic amines is 1. The van der Waals surface area contributed by atoms with E-state index in [-0.39, 0.29) is 35.2 Å². The van der Waals surface area contributed by atoms with Crippen LogP contribution < -0.4 is 10.9 Å². The molecule has 28 heavy (non-hydrogen) atoms. The second kappa shape index (κ2) is 7.68. The van der Waals surface area contributed by atoms with E-state index in [1.54, 1.807) is 7.05 Å². The van der Waals surface area contributed by atoms with Crippen molar-refractivity contribution in [2.24, 2.45) is 0 Å². The number of H-pyrrole nitrogens is 1. The lowest BCUT2D eigenvalue weighted by Gasteiger charge is -2.20. The van der Waals surface area contributed by atoms with Gasteiger partial charge in [-0.05, 0) is 0 Å². The molecule has 1 aliphatic heterocycles. The Kier molecular flexibility index (Phi) is 5.31. The number of carbonyl (C=O) groups is 2. The zero-order chi connectivity index (χ0) is 20.4. The fraction of sp³-hybridized carbons (Fsp3) is 0.438. The van der Waals surface area contributed by atoms with Crippen LogP contribution in [0.25, 0.3) is 11.2 Å². The maximum Gasteiger partial charge on any atom is 0.307 e. The summed E-state index contributed by atoms with van der Waals surface area (Å²) in [5, 5.41) is 2.75. The molecule has 12 heteroatoms. The highest BCUT2D eigenvalue weighted by atomic mass is 16.6. The van der Waals surface area contributed by atoms with E-state index in [9.17, 15) is 14.4 Å². The van der Waals surface area contributed by atoms with Crippen molar-refractivity contribution in [2.45, 2.75) is 26.2 Å². The molecule has 0 saturated heterocycles. The summed E-state index contributed by atoms with van der Waals surface area (Å²) in [6.45, 7) is 2.21. The van der Waals surface area contributed by atoms with Crippen LogP contribution in [-0.4, -0.2) is 58.3 Å². The Labute approximate surface area is 158 Å². The third-order valence-corrected chi connectivity index (χ3v) is 3.91. The van der Waals surface area contributed by atoms with Crippen LogP contribution >= 0.6 is 0 Å². The van der Waals surface area contributed by atoms with Gasteiger partial charge in [-0.1, -0.05) is 0 Å². The van der Waals surface area contributed by atoms with E-state index in [0.717, 1.165) is 0 Å². The molecule has 0 saturated carbocycles. The number of nitrogens with one attached hydrogen (secondary N) is 2. The van der Waals surface area contributed by atoms with E-state index in [1.807, 2.05) is 0 Å². The quantitative estimate of drug-likeness (QED) is 0.645. The molecule has 12 nitrogen and oxygen atoms in total. The molecule has 0 bridgehead atoms. The fourth-order valence-corrected chi connectivity index (χ4v) is 2.75. The van der Waals surface area contributed by atoms with Gasteiger partial charge >= 0.3 is 11.9 Å². The number of fused-ring (bicyclic) bond motifs is 1. The third-order valence-electron chi connectivity index (χ3n) is 3.91.